The normalized spacial score (nSPS) is 20.6. The van der Waals surface area contributed by atoms with Crippen LogP contribution in [0.1, 0.15) is 25.0 Å². The molecule has 4 nitrogen and oxygen atoms in total. The molecule has 1 aliphatic heterocycles. The molecule has 1 unspecified atom stereocenters. The van der Waals surface area contributed by atoms with E-state index in [1.165, 1.54) is 0 Å². The minimum atomic E-state index is -0.535. The Labute approximate surface area is 114 Å². The lowest BCUT2D eigenvalue weighted by Crippen LogP contribution is -2.23. The Hall–Kier alpha value is -1.26. The van der Waals surface area contributed by atoms with Gasteiger partial charge in [0.05, 0.1) is 19.8 Å². The molecular weight excluding hydrogens is 242 g/mol. The van der Waals surface area contributed by atoms with E-state index in [0.29, 0.717) is 5.92 Å². The summed E-state index contributed by atoms with van der Waals surface area (Å²) in [6.45, 7) is 4.55. The number of anilines is 1. The van der Waals surface area contributed by atoms with Crippen molar-refractivity contribution in [3.8, 4) is 5.75 Å². The Morgan fingerprint density at radius 1 is 1.42 bits per heavy atom. The van der Waals surface area contributed by atoms with Crippen molar-refractivity contribution in [3.63, 3.8) is 0 Å². The van der Waals surface area contributed by atoms with E-state index >= 15 is 0 Å². The maximum absolute atomic E-state index is 10.0. The maximum Gasteiger partial charge on any atom is 0.126 e. The molecule has 1 N–H and O–H groups in total. The van der Waals surface area contributed by atoms with Gasteiger partial charge in [-0.15, -0.1) is 0 Å². The van der Waals surface area contributed by atoms with Crippen molar-refractivity contribution in [2.45, 2.75) is 19.4 Å². The fraction of sp³-hybridized carbons (Fsp3) is 0.600. The topological polar surface area (TPSA) is 41.9 Å². The summed E-state index contributed by atoms with van der Waals surface area (Å²) in [6, 6.07) is 5.93. The SMILES string of the molecule is COCC1CCN(c2cccc(OC)c2[C@H](C)O)C1. The van der Waals surface area contributed by atoms with E-state index in [4.69, 9.17) is 9.47 Å². The summed E-state index contributed by atoms with van der Waals surface area (Å²) in [6.07, 6.45) is 0.595. The van der Waals surface area contributed by atoms with Gasteiger partial charge in [-0.3, -0.25) is 0 Å². The quantitative estimate of drug-likeness (QED) is 0.886. The first-order valence-corrected chi connectivity index (χ1v) is 6.76. The van der Waals surface area contributed by atoms with Gasteiger partial charge < -0.3 is 19.5 Å². The number of aliphatic hydroxyl groups excluding tert-OH is 1. The number of methoxy groups -OCH3 is 2. The zero-order valence-corrected chi connectivity index (χ0v) is 11.9. The summed E-state index contributed by atoms with van der Waals surface area (Å²) in [7, 11) is 3.39. The number of benzene rings is 1. The molecule has 0 aliphatic carbocycles. The van der Waals surface area contributed by atoms with E-state index in [1.54, 1.807) is 21.1 Å². The van der Waals surface area contributed by atoms with Crippen molar-refractivity contribution >= 4 is 5.69 Å². The van der Waals surface area contributed by atoms with Crippen LogP contribution in [0.25, 0.3) is 0 Å². The van der Waals surface area contributed by atoms with Gasteiger partial charge in [0.25, 0.3) is 0 Å². The highest BCUT2D eigenvalue weighted by atomic mass is 16.5. The average Bonchev–Trinajstić information content (AvgIpc) is 2.86. The third kappa shape index (κ3) is 3.01. The molecule has 0 saturated carbocycles. The first kappa shape index (κ1) is 14.2. The predicted molar refractivity (Wildman–Crippen MR) is 75.8 cm³/mol. The van der Waals surface area contributed by atoms with Gasteiger partial charge in [0.15, 0.2) is 0 Å². The monoisotopic (exact) mass is 265 g/mol. The predicted octanol–water partition coefficient (Wildman–Crippen LogP) is 2.22. The van der Waals surface area contributed by atoms with Gasteiger partial charge in [-0.1, -0.05) is 6.07 Å². The fourth-order valence-electron chi connectivity index (χ4n) is 2.83. The lowest BCUT2D eigenvalue weighted by molar-refractivity contribution is 0.160. The highest BCUT2D eigenvalue weighted by Crippen LogP contribution is 2.36. The van der Waals surface area contributed by atoms with Crippen molar-refractivity contribution in [3.05, 3.63) is 23.8 Å². The molecule has 1 heterocycles. The smallest absolute Gasteiger partial charge is 0.126 e. The third-order valence-corrected chi connectivity index (χ3v) is 3.71. The second kappa shape index (κ2) is 6.26. The van der Waals surface area contributed by atoms with Crippen LogP contribution in [0, 0.1) is 5.92 Å². The number of nitrogens with zero attached hydrogens (tertiary/aromatic N) is 1. The van der Waals surface area contributed by atoms with Gasteiger partial charge in [0, 0.05) is 37.4 Å². The zero-order valence-electron chi connectivity index (χ0n) is 11.9. The van der Waals surface area contributed by atoms with Gasteiger partial charge in [-0.05, 0) is 25.5 Å². The minimum Gasteiger partial charge on any atom is -0.496 e. The van der Waals surface area contributed by atoms with Crippen LogP contribution in [-0.2, 0) is 4.74 Å². The fourth-order valence-corrected chi connectivity index (χ4v) is 2.83. The first-order valence-electron chi connectivity index (χ1n) is 6.76. The lowest BCUT2D eigenvalue weighted by Gasteiger charge is -2.25. The lowest BCUT2D eigenvalue weighted by atomic mass is 10.1. The Balaban J connectivity index is 2.25. The van der Waals surface area contributed by atoms with Crippen LogP contribution in [0.3, 0.4) is 0 Å². The van der Waals surface area contributed by atoms with Crippen LogP contribution in [-0.4, -0.2) is 39.0 Å². The second-order valence-electron chi connectivity index (χ2n) is 5.13. The number of rotatable bonds is 5. The summed E-state index contributed by atoms with van der Waals surface area (Å²) >= 11 is 0. The van der Waals surface area contributed by atoms with E-state index in [9.17, 15) is 5.11 Å². The van der Waals surface area contributed by atoms with Crippen molar-refractivity contribution in [2.75, 3.05) is 38.8 Å². The van der Waals surface area contributed by atoms with Gasteiger partial charge >= 0.3 is 0 Å². The van der Waals surface area contributed by atoms with Crippen LogP contribution in [0.5, 0.6) is 5.75 Å². The van der Waals surface area contributed by atoms with Crippen LogP contribution >= 0.6 is 0 Å². The molecule has 1 saturated heterocycles. The van der Waals surface area contributed by atoms with Crippen molar-refractivity contribution < 1.29 is 14.6 Å². The minimum absolute atomic E-state index is 0.535. The molecule has 106 valence electrons. The molecule has 0 aromatic heterocycles. The van der Waals surface area contributed by atoms with Gasteiger partial charge in [0.1, 0.15) is 5.75 Å². The van der Waals surface area contributed by atoms with Crippen molar-refractivity contribution in [2.24, 2.45) is 5.92 Å². The average molecular weight is 265 g/mol. The Morgan fingerprint density at radius 2 is 2.21 bits per heavy atom. The molecule has 1 aromatic carbocycles. The van der Waals surface area contributed by atoms with E-state index < -0.39 is 6.10 Å². The molecule has 0 radical (unpaired) electrons. The van der Waals surface area contributed by atoms with Crippen LogP contribution in [0.4, 0.5) is 5.69 Å². The molecule has 19 heavy (non-hydrogen) atoms. The van der Waals surface area contributed by atoms with E-state index in [0.717, 1.165) is 43.1 Å². The molecular formula is C15H23NO3. The molecule has 0 amide bonds. The van der Waals surface area contributed by atoms with Crippen molar-refractivity contribution in [1.29, 1.82) is 0 Å². The van der Waals surface area contributed by atoms with Gasteiger partial charge in [-0.25, -0.2) is 0 Å². The molecule has 2 atom stereocenters. The molecule has 1 fully saturated rings. The number of ether oxygens (including phenoxy) is 2. The third-order valence-electron chi connectivity index (χ3n) is 3.71. The summed E-state index contributed by atoms with van der Waals surface area (Å²) in [5.41, 5.74) is 1.95. The molecule has 1 aliphatic rings. The van der Waals surface area contributed by atoms with Gasteiger partial charge in [-0.2, -0.15) is 0 Å². The highest BCUT2D eigenvalue weighted by molar-refractivity contribution is 5.61. The van der Waals surface area contributed by atoms with Crippen LogP contribution in [0.2, 0.25) is 0 Å². The summed E-state index contributed by atoms with van der Waals surface area (Å²) in [4.78, 5) is 2.31. The standard InChI is InChI=1S/C15H23NO3/c1-11(17)15-13(5-4-6-14(15)19-3)16-8-7-12(9-16)10-18-2/h4-6,11-12,17H,7-10H2,1-3H3/t11-,12?/m0/s1. The summed E-state index contributed by atoms with van der Waals surface area (Å²) in [5, 5.41) is 10.0. The van der Waals surface area contributed by atoms with Gasteiger partial charge in [0.2, 0.25) is 0 Å². The first-order chi connectivity index (χ1) is 9.17. The molecule has 4 heteroatoms. The van der Waals surface area contributed by atoms with Crippen LogP contribution in [0.15, 0.2) is 18.2 Å². The Bertz CT molecular complexity index is 420. The van der Waals surface area contributed by atoms with Crippen molar-refractivity contribution in [1.82, 2.24) is 0 Å². The second-order valence-corrected chi connectivity index (χ2v) is 5.13. The summed E-state index contributed by atoms with van der Waals surface area (Å²) < 4.78 is 10.6. The number of hydrogen-bond acceptors (Lipinski definition) is 4. The van der Waals surface area contributed by atoms with Crippen LogP contribution < -0.4 is 9.64 Å². The number of hydrogen-bond donors (Lipinski definition) is 1. The molecule has 0 bridgehead atoms. The summed E-state index contributed by atoms with van der Waals surface area (Å²) in [5.74, 6) is 1.32. The molecule has 0 spiro atoms. The molecule has 2 rings (SSSR count). The Kier molecular flexibility index (Phi) is 4.66. The molecule has 1 aromatic rings. The largest absolute Gasteiger partial charge is 0.496 e. The zero-order chi connectivity index (χ0) is 13.8. The van der Waals surface area contributed by atoms with E-state index in [2.05, 4.69) is 11.0 Å². The van der Waals surface area contributed by atoms with E-state index in [-0.39, 0.29) is 0 Å². The Morgan fingerprint density at radius 3 is 2.84 bits per heavy atom. The van der Waals surface area contributed by atoms with E-state index in [1.807, 2.05) is 12.1 Å². The highest BCUT2D eigenvalue weighted by Gasteiger charge is 2.26. The maximum atomic E-state index is 10.0. The number of aliphatic hydroxyl groups is 1.